The maximum atomic E-state index is 4.54. The summed E-state index contributed by atoms with van der Waals surface area (Å²) in [5.74, 6) is 0. The molecule has 0 spiro atoms. The molecule has 4 aromatic rings. The van der Waals surface area contributed by atoms with Crippen molar-refractivity contribution in [3.8, 4) is 0 Å². The van der Waals surface area contributed by atoms with E-state index in [0.29, 0.717) is 0 Å². The minimum Gasteiger partial charge on any atom is -0.250 e. The Kier molecular flexibility index (Phi) is 5.40. The fourth-order valence-electron chi connectivity index (χ4n) is 3.19. The van der Waals surface area contributed by atoms with E-state index in [1.54, 1.807) is 22.7 Å². The van der Waals surface area contributed by atoms with Gasteiger partial charge in [-0.2, -0.15) is 0 Å². The van der Waals surface area contributed by atoms with E-state index in [-0.39, 0.29) is 6.04 Å². The highest BCUT2D eigenvalue weighted by Crippen LogP contribution is 2.31. The summed E-state index contributed by atoms with van der Waals surface area (Å²) < 4.78 is 1.96. The van der Waals surface area contributed by atoms with E-state index < -0.39 is 0 Å². The first kappa shape index (κ1) is 18.0. The summed E-state index contributed by atoms with van der Waals surface area (Å²) in [7, 11) is 0. The van der Waals surface area contributed by atoms with Gasteiger partial charge in [0.05, 0.1) is 33.0 Å². The molecule has 0 bridgehead atoms. The molecule has 3 aromatic heterocycles. The summed E-state index contributed by atoms with van der Waals surface area (Å²) in [5, 5.41) is 8.91. The van der Waals surface area contributed by atoms with Crippen LogP contribution >= 0.6 is 22.7 Å². The van der Waals surface area contributed by atoms with Crippen LogP contribution in [0.3, 0.4) is 0 Å². The summed E-state index contributed by atoms with van der Waals surface area (Å²) in [6.45, 7) is 4.24. The third-order valence-corrected chi connectivity index (χ3v) is 6.44. The molecule has 5 nitrogen and oxygen atoms in total. The van der Waals surface area contributed by atoms with Crippen molar-refractivity contribution >= 4 is 22.7 Å². The van der Waals surface area contributed by atoms with Crippen molar-refractivity contribution < 1.29 is 0 Å². The molecule has 1 atom stereocenters. The SMILES string of the molecule is CCCc1scnc1Cc1cn(C(c2ccccc2)c2scnc2C)nn1. The highest BCUT2D eigenvalue weighted by Gasteiger charge is 2.22. The minimum absolute atomic E-state index is 0.00880. The molecule has 27 heavy (non-hydrogen) atoms. The quantitative estimate of drug-likeness (QED) is 0.456. The molecule has 0 aliphatic heterocycles. The van der Waals surface area contributed by atoms with E-state index in [1.807, 2.05) is 34.9 Å². The standard InChI is InChI=1S/C20H21N5S2/c1-3-7-18-17(22-13-26-18)10-16-11-25(24-23-16)19(15-8-5-4-6-9-15)20-14(2)21-12-27-20/h4-6,8-9,11-13,19H,3,7,10H2,1-2H3. The van der Waals surface area contributed by atoms with E-state index in [1.165, 1.54) is 15.3 Å². The Morgan fingerprint density at radius 1 is 1.07 bits per heavy atom. The third-order valence-electron chi connectivity index (χ3n) is 4.52. The number of hydrogen-bond acceptors (Lipinski definition) is 6. The molecule has 1 unspecified atom stereocenters. The molecule has 1 aromatic carbocycles. The lowest BCUT2D eigenvalue weighted by Gasteiger charge is -2.16. The fraction of sp³-hybridized carbons (Fsp3) is 0.300. The van der Waals surface area contributed by atoms with Crippen LogP contribution in [0.4, 0.5) is 0 Å². The molecule has 3 heterocycles. The Labute approximate surface area is 166 Å². The summed E-state index contributed by atoms with van der Waals surface area (Å²) in [5.41, 5.74) is 8.11. The summed E-state index contributed by atoms with van der Waals surface area (Å²) >= 11 is 3.39. The predicted molar refractivity (Wildman–Crippen MR) is 109 cm³/mol. The van der Waals surface area contributed by atoms with Gasteiger partial charge in [-0.25, -0.2) is 14.6 Å². The summed E-state index contributed by atoms with van der Waals surface area (Å²) in [4.78, 5) is 11.5. The molecule has 0 N–H and O–H groups in total. The van der Waals surface area contributed by atoms with Crippen LogP contribution in [-0.2, 0) is 12.8 Å². The first-order valence-corrected chi connectivity index (χ1v) is 10.8. The second kappa shape index (κ2) is 8.10. The maximum absolute atomic E-state index is 4.54. The topological polar surface area (TPSA) is 56.5 Å². The normalized spacial score (nSPS) is 12.4. The number of nitrogens with zero attached hydrogens (tertiary/aromatic N) is 5. The Bertz CT molecular complexity index is 1000. The van der Waals surface area contributed by atoms with E-state index in [0.717, 1.165) is 36.3 Å². The number of thiazole rings is 2. The van der Waals surface area contributed by atoms with E-state index >= 15 is 0 Å². The molecule has 7 heteroatoms. The molecule has 138 valence electrons. The van der Waals surface area contributed by atoms with Gasteiger partial charge in [0, 0.05) is 17.5 Å². The van der Waals surface area contributed by atoms with Crippen molar-refractivity contribution in [3.63, 3.8) is 0 Å². The lowest BCUT2D eigenvalue weighted by Crippen LogP contribution is -2.13. The van der Waals surface area contributed by atoms with Gasteiger partial charge in [0.1, 0.15) is 6.04 Å². The Morgan fingerprint density at radius 2 is 1.89 bits per heavy atom. The minimum atomic E-state index is -0.00880. The molecular weight excluding hydrogens is 374 g/mol. The first-order valence-electron chi connectivity index (χ1n) is 9.03. The molecular formula is C20H21N5S2. The fourth-order valence-corrected chi connectivity index (χ4v) is 5.00. The van der Waals surface area contributed by atoms with Crippen LogP contribution in [0, 0.1) is 6.92 Å². The Morgan fingerprint density at radius 3 is 2.63 bits per heavy atom. The number of aromatic nitrogens is 5. The maximum Gasteiger partial charge on any atom is 0.115 e. The van der Waals surface area contributed by atoms with Gasteiger partial charge >= 0.3 is 0 Å². The van der Waals surface area contributed by atoms with Gasteiger partial charge in [-0.05, 0) is 18.9 Å². The molecule has 4 rings (SSSR count). The molecule has 0 aliphatic carbocycles. The second-order valence-electron chi connectivity index (χ2n) is 6.45. The molecule has 0 radical (unpaired) electrons. The molecule has 0 fully saturated rings. The van der Waals surface area contributed by atoms with Crippen LogP contribution < -0.4 is 0 Å². The molecule has 0 aliphatic rings. The third kappa shape index (κ3) is 3.84. The van der Waals surface area contributed by atoms with Gasteiger partial charge in [-0.3, -0.25) is 0 Å². The summed E-state index contributed by atoms with van der Waals surface area (Å²) in [6, 6.07) is 10.4. The van der Waals surface area contributed by atoms with Gasteiger partial charge in [-0.15, -0.1) is 27.8 Å². The smallest absolute Gasteiger partial charge is 0.115 e. The molecule has 0 saturated carbocycles. The number of rotatable bonds is 7. The number of aryl methyl sites for hydroxylation is 2. The van der Waals surface area contributed by atoms with Crippen molar-refractivity contribution in [3.05, 3.63) is 79.9 Å². The van der Waals surface area contributed by atoms with E-state index in [9.17, 15) is 0 Å². The van der Waals surface area contributed by atoms with Crippen LogP contribution in [0.2, 0.25) is 0 Å². The van der Waals surface area contributed by atoms with Crippen LogP contribution in [0.5, 0.6) is 0 Å². The van der Waals surface area contributed by atoms with Crippen LogP contribution in [0.15, 0.2) is 47.5 Å². The number of hydrogen-bond donors (Lipinski definition) is 0. The zero-order valence-electron chi connectivity index (χ0n) is 15.4. The van der Waals surface area contributed by atoms with Gasteiger partial charge in [-0.1, -0.05) is 48.9 Å². The van der Waals surface area contributed by atoms with Crippen molar-refractivity contribution in [1.29, 1.82) is 0 Å². The molecule has 0 amide bonds. The number of benzene rings is 1. The predicted octanol–water partition coefficient (Wildman–Crippen LogP) is 4.68. The van der Waals surface area contributed by atoms with Crippen molar-refractivity contribution in [2.45, 2.75) is 39.2 Å². The Hall–Kier alpha value is -2.38. The lowest BCUT2D eigenvalue weighted by molar-refractivity contribution is 0.575. The average Bonchev–Trinajstić information content (AvgIpc) is 3.41. The van der Waals surface area contributed by atoms with Crippen molar-refractivity contribution in [2.24, 2.45) is 0 Å². The second-order valence-corrected chi connectivity index (χ2v) is 8.28. The van der Waals surface area contributed by atoms with Gasteiger partial charge in [0.25, 0.3) is 0 Å². The van der Waals surface area contributed by atoms with Gasteiger partial charge < -0.3 is 0 Å². The van der Waals surface area contributed by atoms with Crippen LogP contribution in [0.1, 0.15) is 51.8 Å². The van der Waals surface area contributed by atoms with Crippen LogP contribution in [0.25, 0.3) is 0 Å². The molecule has 0 saturated heterocycles. The van der Waals surface area contributed by atoms with Gasteiger partial charge in [0.15, 0.2) is 0 Å². The lowest BCUT2D eigenvalue weighted by atomic mass is 10.0. The van der Waals surface area contributed by atoms with Crippen molar-refractivity contribution in [2.75, 3.05) is 0 Å². The van der Waals surface area contributed by atoms with E-state index in [4.69, 9.17) is 0 Å². The first-order chi connectivity index (χ1) is 13.3. The average molecular weight is 396 g/mol. The van der Waals surface area contributed by atoms with Crippen LogP contribution in [-0.4, -0.2) is 25.0 Å². The van der Waals surface area contributed by atoms with Crippen molar-refractivity contribution in [1.82, 2.24) is 25.0 Å². The Balaban J connectivity index is 1.66. The zero-order valence-corrected chi connectivity index (χ0v) is 17.0. The van der Waals surface area contributed by atoms with E-state index in [2.05, 4.69) is 51.5 Å². The summed E-state index contributed by atoms with van der Waals surface area (Å²) in [6.07, 6.45) is 4.97. The van der Waals surface area contributed by atoms with Gasteiger partial charge in [0.2, 0.25) is 0 Å². The monoisotopic (exact) mass is 395 g/mol. The largest absolute Gasteiger partial charge is 0.250 e. The zero-order chi connectivity index (χ0) is 18.6. The highest BCUT2D eigenvalue weighted by atomic mass is 32.1. The highest BCUT2D eigenvalue weighted by molar-refractivity contribution is 7.10.